The number of unbranched alkanes of at least 4 members (excludes halogenated alkanes) is 15. The molecule has 0 nitrogen and oxygen atoms in total. The Bertz CT molecular complexity index is 183. The second kappa shape index (κ2) is 21.8. The van der Waals surface area contributed by atoms with E-state index in [0.29, 0.717) is 0 Å². The van der Waals surface area contributed by atoms with E-state index in [1.165, 1.54) is 103 Å². The van der Waals surface area contributed by atoms with Gasteiger partial charge in [-0.1, -0.05) is 115 Å². The molecule has 0 aliphatic rings. The molecule has 0 radical (unpaired) electrons. The minimum atomic E-state index is -0.263. The largest absolute Gasteiger partial charge is 0.255 e. The molecule has 0 spiro atoms. The summed E-state index contributed by atoms with van der Waals surface area (Å²) < 4.78 is 0. The fourth-order valence-electron chi connectivity index (χ4n) is 3.10. The van der Waals surface area contributed by atoms with Crippen molar-refractivity contribution >= 4 is 26.6 Å². The van der Waals surface area contributed by atoms with E-state index in [0.717, 1.165) is 0 Å². The lowest BCUT2D eigenvalue weighted by Crippen LogP contribution is -1.97. The molecule has 2 heteroatoms. The van der Waals surface area contributed by atoms with Gasteiger partial charge in [-0.2, -0.15) is 0 Å². The highest BCUT2D eigenvalue weighted by Gasteiger charge is 2.00. The van der Waals surface area contributed by atoms with Crippen LogP contribution in [0.4, 0.5) is 0 Å². The Balaban J connectivity index is 0. The van der Waals surface area contributed by atoms with E-state index in [2.05, 4.69) is 18.5 Å². The van der Waals surface area contributed by atoms with Crippen LogP contribution >= 0.6 is 12.4 Å². The molecule has 22 heavy (non-hydrogen) atoms. The first-order valence-electron chi connectivity index (χ1n) is 10.3. The summed E-state index contributed by atoms with van der Waals surface area (Å²) >= 11 is -0.263. The summed E-state index contributed by atoms with van der Waals surface area (Å²) in [5.41, 5.74) is 0. The Hall–Kier alpha value is 0.822. The topological polar surface area (TPSA) is 0 Å². The molecule has 0 unspecified atom stereocenters. The molecule has 0 N–H and O–H groups in total. The van der Waals surface area contributed by atoms with Gasteiger partial charge in [-0.15, -0.1) is 24.0 Å². The third kappa shape index (κ3) is 23.1. The molecule has 0 fully saturated rings. The van der Waals surface area contributed by atoms with E-state index >= 15 is 0 Å². The second-order valence-electron chi connectivity index (χ2n) is 7.49. The van der Waals surface area contributed by atoms with E-state index in [9.17, 15) is 0 Å². The van der Waals surface area contributed by atoms with Gasteiger partial charge in [-0.25, -0.2) is 0 Å². The first-order chi connectivity index (χ1) is 10.3. The van der Waals surface area contributed by atoms with Crippen molar-refractivity contribution < 1.29 is 0 Å². The zero-order chi connectivity index (χ0) is 15.6. The quantitative estimate of drug-likeness (QED) is 0.183. The number of halogens is 1. The minimum Gasteiger partial charge on any atom is -0.147 e. The van der Waals surface area contributed by atoms with E-state index in [4.69, 9.17) is 0 Å². The SMILES string of the molecule is CCCCCCCCCCCCCCCCC[CH2][Al]([CH3])[CH3].Cl. The fourth-order valence-corrected chi connectivity index (χ4v) is 4.21. The van der Waals surface area contributed by atoms with Crippen molar-refractivity contribution in [1.29, 1.82) is 0 Å². The third-order valence-electron chi connectivity index (χ3n) is 4.64. The Kier molecular flexibility index (Phi) is 24.9. The monoisotopic (exact) mass is 346 g/mol. The molecule has 0 bridgehead atoms. The van der Waals surface area contributed by atoms with Crippen molar-refractivity contribution in [3.63, 3.8) is 0 Å². The highest BCUT2D eigenvalue weighted by Crippen LogP contribution is 2.14. The summed E-state index contributed by atoms with van der Waals surface area (Å²) in [7, 11) is 0. The zero-order valence-electron chi connectivity index (χ0n) is 16.0. The lowest BCUT2D eigenvalue weighted by Gasteiger charge is -2.03. The van der Waals surface area contributed by atoms with Crippen LogP contribution in [0, 0.1) is 0 Å². The Morgan fingerprint density at radius 3 is 1.00 bits per heavy atom. The molecule has 0 amide bonds. The van der Waals surface area contributed by atoms with Gasteiger partial charge in [0.2, 0.25) is 0 Å². The Morgan fingerprint density at radius 2 is 0.727 bits per heavy atom. The second-order valence-corrected chi connectivity index (χ2v) is 10.9. The van der Waals surface area contributed by atoms with Gasteiger partial charge in [0, 0.05) is 0 Å². The number of hydrogen-bond donors (Lipinski definition) is 0. The lowest BCUT2D eigenvalue weighted by molar-refractivity contribution is 0.531. The van der Waals surface area contributed by atoms with E-state index < -0.39 is 0 Å². The lowest BCUT2D eigenvalue weighted by atomic mass is 10.0. The van der Waals surface area contributed by atoms with Gasteiger partial charge < -0.3 is 0 Å². The van der Waals surface area contributed by atoms with Crippen LogP contribution in [-0.2, 0) is 0 Å². The molecule has 0 aliphatic carbocycles. The summed E-state index contributed by atoms with van der Waals surface area (Å²) in [4.78, 5) is 0. The Morgan fingerprint density at radius 1 is 0.455 bits per heavy atom. The molecule has 134 valence electrons. The molecule has 0 aliphatic heterocycles. The molecule has 0 atom stereocenters. The van der Waals surface area contributed by atoms with Crippen LogP contribution in [0.25, 0.3) is 0 Å². The average Bonchev–Trinajstić information content (AvgIpc) is 2.46. The summed E-state index contributed by atoms with van der Waals surface area (Å²) in [6, 6.07) is 0. The number of rotatable bonds is 17. The van der Waals surface area contributed by atoms with Crippen LogP contribution in [-0.4, -0.2) is 14.1 Å². The molecule has 0 aromatic heterocycles. The predicted molar refractivity (Wildman–Crippen MR) is 109 cm³/mol. The maximum atomic E-state index is 2.48. The summed E-state index contributed by atoms with van der Waals surface area (Å²) in [5, 5.41) is 1.57. The predicted octanol–water partition coefficient (Wildman–Crippen LogP) is 8.42. The highest BCUT2D eigenvalue weighted by molar-refractivity contribution is 6.55. The third-order valence-corrected chi connectivity index (χ3v) is 6.20. The highest BCUT2D eigenvalue weighted by atomic mass is 35.5. The summed E-state index contributed by atoms with van der Waals surface area (Å²) in [6.07, 6.45) is 23.7. The zero-order valence-corrected chi connectivity index (χ0v) is 18.0. The smallest absolute Gasteiger partial charge is 0.147 e. The van der Waals surface area contributed by atoms with Crippen LogP contribution < -0.4 is 0 Å². The average molecular weight is 347 g/mol. The van der Waals surface area contributed by atoms with Gasteiger partial charge in [0.15, 0.2) is 0 Å². The molecule has 0 aromatic rings. The van der Waals surface area contributed by atoms with E-state index in [-0.39, 0.29) is 26.6 Å². The van der Waals surface area contributed by atoms with Crippen molar-refractivity contribution in [2.45, 2.75) is 127 Å². The molecule has 0 heterocycles. The summed E-state index contributed by atoms with van der Waals surface area (Å²) in [5.74, 6) is 4.95. The first-order valence-corrected chi connectivity index (χ1v) is 13.4. The molecule has 0 aromatic carbocycles. The van der Waals surface area contributed by atoms with E-state index in [1.807, 2.05) is 0 Å². The summed E-state index contributed by atoms with van der Waals surface area (Å²) in [6.45, 7) is 2.30. The number of hydrogen-bond acceptors (Lipinski definition) is 0. The van der Waals surface area contributed by atoms with Crippen molar-refractivity contribution in [2.75, 3.05) is 0 Å². The van der Waals surface area contributed by atoms with Gasteiger partial charge in [0.05, 0.1) is 0 Å². The molecule has 0 saturated heterocycles. The van der Waals surface area contributed by atoms with Gasteiger partial charge in [-0.05, 0) is 0 Å². The van der Waals surface area contributed by atoms with Gasteiger partial charge in [0.25, 0.3) is 14.1 Å². The normalized spacial score (nSPS) is 10.5. The van der Waals surface area contributed by atoms with Crippen molar-refractivity contribution in [1.82, 2.24) is 0 Å². The van der Waals surface area contributed by atoms with Gasteiger partial charge in [-0.3, -0.25) is 0 Å². The maximum Gasteiger partial charge on any atom is 0.255 e. The van der Waals surface area contributed by atoms with Crippen LogP contribution in [0.2, 0.25) is 16.9 Å². The molecular weight excluding hydrogens is 303 g/mol. The van der Waals surface area contributed by atoms with Crippen molar-refractivity contribution in [3.05, 3.63) is 0 Å². The van der Waals surface area contributed by atoms with Gasteiger partial charge in [0.1, 0.15) is 0 Å². The Labute approximate surface area is 153 Å². The van der Waals surface area contributed by atoms with Crippen LogP contribution in [0.5, 0.6) is 0 Å². The molecular formula is C20H44AlCl. The van der Waals surface area contributed by atoms with Crippen molar-refractivity contribution in [2.24, 2.45) is 0 Å². The minimum absolute atomic E-state index is 0. The van der Waals surface area contributed by atoms with Gasteiger partial charge >= 0.3 is 0 Å². The van der Waals surface area contributed by atoms with E-state index in [1.54, 1.807) is 5.28 Å². The standard InChI is InChI=1S/C18H37.2CH3.Al.ClH/c1-3-5-7-9-11-13-15-17-18-16-14-12-10-8-6-4-2;;;;/h1,3-18H2,2H3;2*1H3;;1H. The van der Waals surface area contributed by atoms with Crippen molar-refractivity contribution in [3.8, 4) is 0 Å². The molecule has 0 rings (SSSR count). The first kappa shape index (κ1) is 25.1. The van der Waals surface area contributed by atoms with Crippen LogP contribution in [0.3, 0.4) is 0 Å². The fraction of sp³-hybridized carbons (Fsp3) is 1.00. The van der Waals surface area contributed by atoms with Crippen LogP contribution in [0.1, 0.15) is 110 Å². The molecule has 0 saturated carbocycles. The van der Waals surface area contributed by atoms with Crippen LogP contribution in [0.15, 0.2) is 0 Å². The maximum absolute atomic E-state index is 2.48.